The molecule has 0 atom stereocenters. The molecule has 0 heterocycles. The third kappa shape index (κ3) is 3.17. The minimum atomic E-state index is -3.34. The molecule has 0 radical (unpaired) electrons. The summed E-state index contributed by atoms with van der Waals surface area (Å²) < 4.78 is 26.1. The van der Waals surface area contributed by atoms with E-state index < -0.39 is 10.0 Å². The monoisotopic (exact) mass is 283 g/mol. The third-order valence-electron chi connectivity index (χ3n) is 3.00. The molecule has 2 rings (SSSR count). The van der Waals surface area contributed by atoms with Crippen molar-refractivity contribution in [2.75, 3.05) is 10.8 Å². The van der Waals surface area contributed by atoms with Crippen molar-refractivity contribution in [2.24, 2.45) is 10.9 Å². The van der Waals surface area contributed by atoms with E-state index in [1.54, 1.807) is 24.3 Å². The molecule has 3 N–H and O–H groups in total. The van der Waals surface area contributed by atoms with Crippen LogP contribution >= 0.6 is 0 Å². The number of para-hydroxylation sites is 1. The summed E-state index contributed by atoms with van der Waals surface area (Å²) in [7, 11) is -3.34. The van der Waals surface area contributed by atoms with Crippen molar-refractivity contribution >= 4 is 21.5 Å². The van der Waals surface area contributed by atoms with Crippen LogP contribution in [0, 0.1) is 0 Å². The van der Waals surface area contributed by atoms with Crippen LogP contribution in [-0.2, 0) is 10.0 Å². The van der Waals surface area contributed by atoms with Gasteiger partial charge in [0.15, 0.2) is 0 Å². The van der Waals surface area contributed by atoms with Gasteiger partial charge in [0, 0.05) is 13.0 Å². The largest absolute Gasteiger partial charge is 0.409 e. The van der Waals surface area contributed by atoms with Gasteiger partial charge in [-0.05, 0) is 25.0 Å². The van der Waals surface area contributed by atoms with Gasteiger partial charge in [-0.3, -0.25) is 4.31 Å². The molecule has 0 saturated heterocycles. The van der Waals surface area contributed by atoms with Crippen LogP contribution in [0.3, 0.4) is 0 Å². The van der Waals surface area contributed by atoms with Gasteiger partial charge in [0.25, 0.3) is 0 Å². The van der Waals surface area contributed by atoms with Crippen molar-refractivity contribution < 1.29 is 13.6 Å². The minimum absolute atomic E-state index is 0.0203. The highest BCUT2D eigenvalue weighted by molar-refractivity contribution is 7.93. The molecule has 1 aliphatic rings. The van der Waals surface area contributed by atoms with Crippen LogP contribution in [0.15, 0.2) is 35.5 Å². The Hall–Kier alpha value is -1.76. The average molecular weight is 283 g/mol. The fraction of sp³-hybridized carbons (Fsp3) is 0.417. The second-order valence-electron chi connectivity index (χ2n) is 4.49. The van der Waals surface area contributed by atoms with E-state index in [0.717, 1.165) is 0 Å². The number of anilines is 1. The maximum absolute atomic E-state index is 12.4. The summed E-state index contributed by atoms with van der Waals surface area (Å²) in [4.78, 5) is 0. The van der Waals surface area contributed by atoms with Crippen LogP contribution in [-0.4, -0.2) is 31.3 Å². The molecule has 1 aromatic rings. The first kappa shape index (κ1) is 13.7. The zero-order chi connectivity index (χ0) is 13.9. The highest BCUT2D eigenvalue weighted by Gasteiger charge is 2.40. The summed E-state index contributed by atoms with van der Waals surface area (Å²) in [6, 6.07) is 8.88. The zero-order valence-electron chi connectivity index (χ0n) is 10.4. The zero-order valence-corrected chi connectivity index (χ0v) is 11.3. The fourth-order valence-electron chi connectivity index (χ4n) is 1.81. The molecule has 1 aromatic carbocycles. The van der Waals surface area contributed by atoms with Gasteiger partial charge in [-0.1, -0.05) is 23.4 Å². The lowest BCUT2D eigenvalue weighted by atomic mass is 10.3. The van der Waals surface area contributed by atoms with E-state index in [1.807, 2.05) is 6.07 Å². The first-order valence-electron chi connectivity index (χ1n) is 6.08. The summed E-state index contributed by atoms with van der Waals surface area (Å²) in [6.07, 6.45) is 1.60. The van der Waals surface area contributed by atoms with Crippen molar-refractivity contribution in [1.82, 2.24) is 0 Å². The molecule has 0 spiro atoms. The number of hydrogen-bond donors (Lipinski definition) is 2. The van der Waals surface area contributed by atoms with Crippen LogP contribution in [0.25, 0.3) is 0 Å². The number of nitrogens with zero attached hydrogens (tertiary/aromatic N) is 2. The lowest BCUT2D eigenvalue weighted by molar-refractivity contribution is 0.317. The molecular weight excluding hydrogens is 266 g/mol. The smallest absolute Gasteiger partial charge is 0.238 e. The second-order valence-corrected chi connectivity index (χ2v) is 6.63. The topological polar surface area (TPSA) is 96.0 Å². The molecule has 0 bridgehead atoms. The van der Waals surface area contributed by atoms with Gasteiger partial charge < -0.3 is 10.9 Å². The quantitative estimate of drug-likeness (QED) is 0.354. The summed E-state index contributed by atoms with van der Waals surface area (Å²) in [6.45, 7) is 0.179. The summed E-state index contributed by atoms with van der Waals surface area (Å²) in [5, 5.41) is 11.1. The molecule has 1 fully saturated rings. The minimum Gasteiger partial charge on any atom is -0.409 e. The van der Waals surface area contributed by atoms with Crippen molar-refractivity contribution in [1.29, 1.82) is 0 Å². The number of benzene rings is 1. The van der Waals surface area contributed by atoms with E-state index in [9.17, 15) is 8.42 Å². The Morgan fingerprint density at radius 1 is 1.37 bits per heavy atom. The van der Waals surface area contributed by atoms with Gasteiger partial charge in [0.1, 0.15) is 5.84 Å². The number of oxime groups is 1. The van der Waals surface area contributed by atoms with E-state index in [1.165, 1.54) is 4.31 Å². The SMILES string of the molecule is NC(CCN(c1ccccc1)S(=O)(=O)C1CC1)=NO. The highest BCUT2D eigenvalue weighted by atomic mass is 32.2. The molecule has 7 heteroatoms. The second kappa shape index (κ2) is 5.48. The lowest BCUT2D eigenvalue weighted by Gasteiger charge is -2.24. The summed E-state index contributed by atoms with van der Waals surface area (Å²) in [5.74, 6) is 0.0203. The van der Waals surface area contributed by atoms with E-state index in [0.29, 0.717) is 18.5 Å². The van der Waals surface area contributed by atoms with Gasteiger partial charge in [-0.2, -0.15) is 0 Å². The van der Waals surface area contributed by atoms with Crippen LogP contribution in [0.5, 0.6) is 0 Å². The number of rotatable bonds is 6. The van der Waals surface area contributed by atoms with Crippen LogP contribution in [0.1, 0.15) is 19.3 Å². The molecule has 0 aromatic heterocycles. The Kier molecular flexibility index (Phi) is 3.94. The van der Waals surface area contributed by atoms with Crippen LogP contribution < -0.4 is 10.0 Å². The van der Waals surface area contributed by atoms with Gasteiger partial charge in [-0.25, -0.2) is 8.42 Å². The molecule has 0 unspecified atom stereocenters. The first-order valence-corrected chi connectivity index (χ1v) is 7.59. The van der Waals surface area contributed by atoms with E-state index in [-0.39, 0.29) is 24.1 Å². The van der Waals surface area contributed by atoms with E-state index >= 15 is 0 Å². The normalized spacial score (nSPS) is 16.3. The predicted molar refractivity (Wildman–Crippen MR) is 73.8 cm³/mol. The first-order chi connectivity index (χ1) is 9.05. The van der Waals surface area contributed by atoms with Crippen molar-refractivity contribution in [3.8, 4) is 0 Å². The van der Waals surface area contributed by atoms with Gasteiger partial charge in [-0.15, -0.1) is 0 Å². The Morgan fingerprint density at radius 3 is 2.53 bits per heavy atom. The molecule has 1 saturated carbocycles. The average Bonchev–Trinajstić information content (AvgIpc) is 3.24. The Morgan fingerprint density at radius 2 is 2.00 bits per heavy atom. The summed E-state index contributed by atoms with van der Waals surface area (Å²) >= 11 is 0. The predicted octanol–water partition coefficient (Wildman–Crippen LogP) is 1.12. The van der Waals surface area contributed by atoms with Crippen molar-refractivity contribution in [3.05, 3.63) is 30.3 Å². The van der Waals surface area contributed by atoms with Gasteiger partial charge >= 0.3 is 0 Å². The number of sulfonamides is 1. The highest BCUT2D eigenvalue weighted by Crippen LogP contribution is 2.33. The maximum Gasteiger partial charge on any atom is 0.238 e. The van der Waals surface area contributed by atoms with Crippen LogP contribution in [0.4, 0.5) is 5.69 Å². The molecular formula is C12H17N3O3S. The summed E-state index contributed by atoms with van der Waals surface area (Å²) in [5.41, 5.74) is 6.02. The maximum atomic E-state index is 12.4. The molecule has 0 amide bonds. The van der Waals surface area contributed by atoms with Gasteiger partial charge in [0.05, 0.1) is 10.9 Å². The Labute approximate surface area is 112 Å². The number of hydrogen-bond acceptors (Lipinski definition) is 4. The third-order valence-corrected chi connectivity index (χ3v) is 5.32. The van der Waals surface area contributed by atoms with E-state index in [2.05, 4.69) is 5.16 Å². The number of nitrogens with two attached hydrogens (primary N) is 1. The molecule has 0 aliphatic heterocycles. The fourth-order valence-corrected chi connectivity index (χ4v) is 3.66. The molecule has 1 aliphatic carbocycles. The Balaban J connectivity index is 2.23. The number of amidine groups is 1. The van der Waals surface area contributed by atoms with Crippen molar-refractivity contribution in [3.63, 3.8) is 0 Å². The molecule has 104 valence electrons. The Bertz CT molecular complexity index is 553. The molecule has 19 heavy (non-hydrogen) atoms. The van der Waals surface area contributed by atoms with Crippen LogP contribution in [0.2, 0.25) is 0 Å². The standard InChI is InChI=1S/C12H17N3O3S/c13-12(14-16)8-9-15(10-4-2-1-3-5-10)19(17,18)11-6-7-11/h1-5,11,16H,6-9H2,(H2,13,14). The lowest BCUT2D eigenvalue weighted by Crippen LogP contribution is -2.36. The van der Waals surface area contributed by atoms with Crippen molar-refractivity contribution in [2.45, 2.75) is 24.5 Å². The van der Waals surface area contributed by atoms with Gasteiger partial charge in [0.2, 0.25) is 10.0 Å². The van der Waals surface area contributed by atoms with E-state index in [4.69, 9.17) is 10.9 Å². The molecule has 6 nitrogen and oxygen atoms in total.